The molecule has 4 rings (SSSR count). The number of hydrogen-bond acceptors (Lipinski definition) is 4. The minimum Gasteiger partial charge on any atom is -0.481 e. The van der Waals surface area contributed by atoms with Gasteiger partial charge in [0.2, 0.25) is 5.91 Å². The summed E-state index contributed by atoms with van der Waals surface area (Å²) in [6, 6.07) is 17.7. The summed E-state index contributed by atoms with van der Waals surface area (Å²) >= 11 is 12.4. The molecule has 1 atom stereocenters. The van der Waals surface area contributed by atoms with E-state index in [0.717, 1.165) is 0 Å². The zero-order valence-electron chi connectivity index (χ0n) is 16.9. The van der Waals surface area contributed by atoms with Crippen LogP contribution in [0.5, 0.6) is 11.5 Å². The first kappa shape index (κ1) is 22.1. The van der Waals surface area contributed by atoms with Crippen molar-refractivity contribution in [3.05, 3.63) is 87.4 Å². The number of anilines is 1. The van der Waals surface area contributed by atoms with Crippen LogP contribution in [-0.4, -0.2) is 23.0 Å². The lowest BCUT2D eigenvalue weighted by Crippen LogP contribution is -2.44. The number of carbonyl (C=O) groups excluding carboxylic acids is 1. The number of carboxylic acids is 1. The first-order chi connectivity index (χ1) is 15.4. The summed E-state index contributed by atoms with van der Waals surface area (Å²) in [6.45, 7) is 0.661. The summed E-state index contributed by atoms with van der Waals surface area (Å²) in [6.07, 6.45) is 0.452. The SMILES string of the molecule is O=C(O)Cc1cc(Cl)c(Oc2ccc(NC(=O)[C@@H]3Cc4ccccc4CN3)cc2)c(Cl)c1. The van der Waals surface area contributed by atoms with Crippen molar-refractivity contribution in [3.8, 4) is 11.5 Å². The van der Waals surface area contributed by atoms with Crippen molar-refractivity contribution in [2.45, 2.75) is 25.4 Å². The van der Waals surface area contributed by atoms with E-state index in [-0.39, 0.29) is 34.2 Å². The summed E-state index contributed by atoms with van der Waals surface area (Å²) < 4.78 is 5.78. The third-order valence-electron chi connectivity index (χ3n) is 5.15. The zero-order chi connectivity index (χ0) is 22.7. The number of carbonyl (C=O) groups is 2. The van der Waals surface area contributed by atoms with Crippen LogP contribution in [0.4, 0.5) is 5.69 Å². The number of fused-ring (bicyclic) bond motifs is 1. The van der Waals surface area contributed by atoms with Crippen LogP contribution >= 0.6 is 23.2 Å². The Balaban J connectivity index is 1.40. The quantitative estimate of drug-likeness (QED) is 0.468. The summed E-state index contributed by atoms with van der Waals surface area (Å²) in [5.41, 5.74) is 3.51. The van der Waals surface area contributed by atoms with E-state index in [1.807, 2.05) is 18.2 Å². The average molecular weight is 471 g/mol. The highest BCUT2D eigenvalue weighted by molar-refractivity contribution is 6.37. The van der Waals surface area contributed by atoms with Gasteiger partial charge >= 0.3 is 5.97 Å². The van der Waals surface area contributed by atoms with Gasteiger partial charge in [0, 0.05) is 12.2 Å². The van der Waals surface area contributed by atoms with Crippen LogP contribution in [0.15, 0.2) is 60.7 Å². The lowest BCUT2D eigenvalue weighted by molar-refractivity contribution is -0.136. The number of ether oxygens (including phenoxy) is 1. The van der Waals surface area contributed by atoms with Gasteiger partial charge in [0.05, 0.1) is 22.5 Å². The standard InChI is InChI=1S/C24H20Cl2N2O4/c25-19-9-14(11-22(29)30)10-20(26)23(19)32-18-7-5-17(6-8-18)28-24(31)21-12-15-3-1-2-4-16(15)13-27-21/h1-10,21,27H,11-13H2,(H,28,31)(H,29,30)/t21-/m0/s1. The molecule has 164 valence electrons. The Labute approximate surface area is 195 Å². The molecule has 1 aliphatic rings. The molecule has 6 nitrogen and oxygen atoms in total. The highest BCUT2D eigenvalue weighted by atomic mass is 35.5. The van der Waals surface area contributed by atoms with Gasteiger partial charge in [0.1, 0.15) is 5.75 Å². The summed E-state index contributed by atoms with van der Waals surface area (Å²) in [5, 5.41) is 15.5. The van der Waals surface area contributed by atoms with Crippen LogP contribution in [-0.2, 0) is 29.0 Å². The number of aliphatic carboxylic acids is 1. The molecule has 0 unspecified atom stereocenters. The van der Waals surface area contributed by atoms with Crippen LogP contribution in [0.2, 0.25) is 10.0 Å². The predicted octanol–water partition coefficient (Wildman–Crippen LogP) is 5.07. The zero-order valence-corrected chi connectivity index (χ0v) is 18.4. The van der Waals surface area contributed by atoms with Crippen LogP contribution < -0.4 is 15.4 Å². The molecule has 3 aromatic carbocycles. The molecule has 32 heavy (non-hydrogen) atoms. The van der Waals surface area contributed by atoms with Gasteiger partial charge in [-0.15, -0.1) is 0 Å². The van der Waals surface area contributed by atoms with Crippen molar-refractivity contribution < 1.29 is 19.4 Å². The number of amides is 1. The number of hydrogen-bond donors (Lipinski definition) is 3. The van der Waals surface area contributed by atoms with Gasteiger partial charge < -0.3 is 20.5 Å². The van der Waals surface area contributed by atoms with Crippen molar-refractivity contribution in [2.24, 2.45) is 0 Å². The summed E-state index contributed by atoms with van der Waals surface area (Å²) in [4.78, 5) is 23.5. The Bertz CT molecular complexity index is 1140. The van der Waals surface area contributed by atoms with E-state index < -0.39 is 5.97 Å². The Morgan fingerprint density at radius 2 is 1.69 bits per heavy atom. The van der Waals surface area contributed by atoms with Crippen molar-refractivity contribution in [2.75, 3.05) is 5.32 Å². The molecular weight excluding hydrogens is 451 g/mol. The minimum atomic E-state index is -0.976. The van der Waals surface area contributed by atoms with Gasteiger partial charge in [-0.1, -0.05) is 47.5 Å². The topological polar surface area (TPSA) is 87.7 Å². The molecule has 0 aromatic heterocycles. The fourth-order valence-electron chi connectivity index (χ4n) is 3.58. The molecule has 0 fully saturated rings. The fourth-order valence-corrected chi connectivity index (χ4v) is 4.19. The van der Waals surface area contributed by atoms with Gasteiger partial charge in [-0.05, 0) is 59.5 Å². The van der Waals surface area contributed by atoms with Crippen molar-refractivity contribution in [3.63, 3.8) is 0 Å². The van der Waals surface area contributed by atoms with Gasteiger partial charge in [-0.3, -0.25) is 9.59 Å². The Morgan fingerprint density at radius 3 is 2.34 bits per heavy atom. The van der Waals surface area contributed by atoms with E-state index in [0.29, 0.717) is 30.0 Å². The molecule has 3 N–H and O–H groups in total. The van der Waals surface area contributed by atoms with Crippen molar-refractivity contribution in [1.29, 1.82) is 0 Å². The van der Waals surface area contributed by atoms with Gasteiger partial charge in [0.25, 0.3) is 0 Å². The number of nitrogens with one attached hydrogen (secondary N) is 2. The third kappa shape index (κ3) is 5.22. The predicted molar refractivity (Wildman–Crippen MR) is 124 cm³/mol. The molecule has 8 heteroatoms. The van der Waals surface area contributed by atoms with Crippen LogP contribution in [0.25, 0.3) is 0 Å². The normalized spacial score (nSPS) is 15.0. The maximum Gasteiger partial charge on any atom is 0.307 e. The maximum atomic E-state index is 12.7. The van der Waals surface area contributed by atoms with E-state index in [1.54, 1.807) is 24.3 Å². The van der Waals surface area contributed by atoms with E-state index in [1.165, 1.54) is 23.3 Å². The molecule has 1 aliphatic heterocycles. The first-order valence-electron chi connectivity index (χ1n) is 9.97. The lowest BCUT2D eigenvalue weighted by Gasteiger charge is -2.25. The maximum absolute atomic E-state index is 12.7. The highest BCUT2D eigenvalue weighted by Gasteiger charge is 2.24. The number of carboxylic acid groups (broad SMARTS) is 1. The second-order valence-electron chi connectivity index (χ2n) is 7.48. The average Bonchev–Trinajstić information content (AvgIpc) is 2.76. The molecule has 0 radical (unpaired) electrons. The Morgan fingerprint density at radius 1 is 1.03 bits per heavy atom. The van der Waals surface area contributed by atoms with Crippen molar-refractivity contribution in [1.82, 2.24) is 5.32 Å². The molecule has 0 bridgehead atoms. The molecule has 0 aliphatic carbocycles. The fraction of sp³-hybridized carbons (Fsp3) is 0.167. The van der Waals surface area contributed by atoms with Crippen LogP contribution in [0.3, 0.4) is 0 Å². The molecule has 0 spiro atoms. The lowest BCUT2D eigenvalue weighted by atomic mass is 9.95. The molecule has 1 heterocycles. The van der Waals surface area contributed by atoms with Crippen molar-refractivity contribution >= 4 is 40.8 Å². The molecule has 3 aromatic rings. The summed E-state index contributed by atoms with van der Waals surface area (Å²) in [7, 11) is 0. The largest absolute Gasteiger partial charge is 0.481 e. The highest BCUT2D eigenvalue weighted by Crippen LogP contribution is 2.37. The second-order valence-corrected chi connectivity index (χ2v) is 8.30. The molecule has 1 amide bonds. The first-order valence-corrected chi connectivity index (χ1v) is 10.7. The number of halogens is 2. The molecule has 0 saturated carbocycles. The van der Waals surface area contributed by atoms with Crippen LogP contribution in [0, 0.1) is 0 Å². The molecular formula is C24H20Cl2N2O4. The number of benzene rings is 3. The monoisotopic (exact) mass is 470 g/mol. The smallest absolute Gasteiger partial charge is 0.307 e. The molecule has 0 saturated heterocycles. The van der Waals surface area contributed by atoms with Gasteiger partial charge in [0.15, 0.2) is 5.75 Å². The Hall–Kier alpha value is -3.06. The van der Waals surface area contributed by atoms with E-state index >= 15 is 0 Å². The van der Waals surface area contributed by atoms with Crippen LogP contribution in [0.1, 0.15) is 16.7 Å². The summed E-state index contributed by atoms with van der Waals surface area (Å²) in [5.74, 6) is -0.365. The van der Waals surface area contributed by atoms with Gasteiger partial charge in [-0.25, -0.2) is 0 Å². The van der Waals surface area contributed by atoms with E-state index in [9.17, 15) is 9.59 Å². The van der Waals surface area contributed by atoms with Gasteiger partial charge in [-0.2, -0.15) is 0 Å². The number of rotatable bonds is 6. The Kier molecular flexibility index (Phi) is 6.65. The second kappa shape index (κ2) is 9.61. The minimum absolute atomic E-state index is 0.103. The third-order valence-corrected chi connectivity index (χ3v) is 5.71. The van der Waals surface area contributed by atoms with E-state index in [4.69, 9.17) is 33.0 Å². The van der Waals surface area contributed by atoms with E-state index in [2.05, 4.69) is 16.7 Å².